The highest BCUT2D eigenvalue weighted by Crippen LogP contribution is 2.31. The lowest BCUT2D eigenvalue weighted by atomic mass is 9.89. The third-order valence-electron chi connectivity index (χ3n) is 12.7. The van der Waals surface area contributed by atoms with Crippen LogP contribution in [0, 0.1) is 37.5 Å². The average Bonchev–Trinajstić information content (AvgIpc) is 4.22. The maximum absolute atomic E-state index is 13.6. The molecule has 2 aliphatic rings. The lowest BCUT2D eigenvalue weighted by Gasteiger charge is -2.25. The summed E-state index contributed by atoms with van der Waals surface area (Å²) >= 11 is 0. The Morgan fingerprint density at radius 1 is 0.628 bits per heavy atom. The van der Waals surface area contributed by atoms with Crippen LogP contribution in [0.2, 0.25) is 0 Å². The van der Waals surface area contributed by atoms with E-state index in [0.29, 0.717) is 44.0 Å². The Labute approximate surface area is 456 Å². The maximum atomic E-state index is 13.6. The molecule has 21 nitrogen and oxygen atoms in total. The Kier molecular flexibility index (Phi) is 26.0. The molecule has 3 amide bonds. The number of nitrogens with zero attached hydrogens (tertiary/aromatic N) is 2. The normalized spacial score (nSPS) is 18.4. The molecule has 8 atom stereocenters. The number of aromatic carboxylic acids is 1. The predicted molar refractivity (Wildman–Crippen MR) is 287 cm³/mol. The minimum atomic E-state index is -1.06. The summed E-state index contributed by atoms with van der Waals surface area (Å²) in [6.45, 7) is 15.4. The number of benzene rings is 2. The molecule has 2 aromatic heterocycles. The highest BCUT2D eigenvalue weighted by atomic mass is 16.6. The molecule has 21 heteroatoms. The topological polar surface area (TPSA) is 314 Å². The molecule has 4 aromatic rings. The van der Waals surface area contributed by atoms with Crippen molar-refractivity contribution in [2.75, 3.05) is 40.6 Å². The van der Waals surface area contributed by atoms with Crippen molar-refractivity contribution in [2.45, 2.75) is 137 Å². The van der Waals surface area contributed by atoms with E-state index in [1.807, 2.05) is 88.4 Å². The van der Waals surface area contributed by atoms with Gasteiger partial charge in [0, 0.05) is 51.0 Å². The van der Waals surface area contributed by atoms with E-state index >= 15 is 0 Å². The molecule has 6 rings (SSSR count). The number of hydrogen-bond acceptors (Lipinski definition) is 17. The van der Waals surface area contributed by atoms with E-state index in [1.54, 1.807) is 27.7 Å². The zero-order valence-electron chi connectivity index (χ0n) is 45.8. The van der Waals surface area contributed by atoms with Gasteiger partial charge < -0.3 is 54.8 Å². The molecule has 0 aliphatic carbocycles. The van der Waals surface area contributed by atoms with E-state index in [2.05, 4.69) is 30.8 Å². The Hall–Kier alpha value is -6.78. The van der Waals surface area contributed by atoms with Crippen molar-refractivity contribution in [3.8, 4) is 0 Å². The number of nitrogens with one attached hydrogen (secondary N) is 3. The molecule has 2 aromatic carbocycles. The maximum Gasteiger partial charge on any atom is 0.358 e. The van der Waals surface area contributed by atoms with Crippen molar-refractivity contribution >= 4 is 46.8 Å². The van der Waals surface area contributed by atoms with Crippen molar-refractivity contribution in [3.63, 3.8) is 0 Å². The van der Waals surface area contributed by atoms with Gasteiger partial charge in [-0.15, -0.1) is 0 Å². The second kappa shape index (κ2) is 31.0. The number of carbonyl (C=O) groups excluding carboxylic acids is 7. The van der Waals surface area contributed by atoms with E-state index in [-0.39, 0.29) is 92.2 Å². The number of hydrogen-bond donors (Lipinski definition) is 5. The predicted octanol–water partition coefficient (Wildman–Crippen LogP) is 5.42. The van der Waals surface area contributed by atoms with Gasteiger partial charge in [-0.05, 0) is 76.3 Å². The van der Waals surface area contributed by atoms with E-state index in [4.69, 9.17) is 34.3 Å². The third kappa shape index (κ3) is 21.2. The number of aromatic nitrogens is 2. The number of nitrogens with two attached hydrogens (primary N) is 1. The van der Waals surface area contributed by atoms with Crippen molar-refractivity contribution in [3.05, 3.63) is 107 Å². The molecule has 4 heterocycles. The number of methoxy groups -OCH3 is 2. The first-order chi connectivity index (χ1) is 36.4. The van der Waals surface area contributed by atoms with E-state index in [9.17, 15) is 38.4 Å². The number of Topliss-reactive ketones (excluding diaryl/α,β-unsaturated/α-hetero) is 4. The van der Waals surface area contributed by atoms with Gasteiger partial charge in [0.15, 0.2) is 34.5 Å². The van der Waals surface area contributed by atoms with Crippen LogP contribution in [-0.4, -0.2) is 138 Å². The third-order valence-corrected chi connectivity index (χ3v) is 12.7. The van der Waals surface area contributed by atoms with E-state index in [1.165, 1.54) is 26.4 Å². The number of ketones is 4. The van der Waals surface area contributed by atoms with E-state index < -0.39 is 65.0 Å². The molecule has 2 saturated heterocycles. The van der Waals surface area contributed by atoms with Crippen LogP contribution in [0.25, 0.3) is 0 Å². The lowest BCUT2D eigenvalue weighted by molar-refractivity contribution is -0.134. The summed E-state index contributed by atoms with van der Waals surface area (Å²) in [5, 5.41) is 23.6. The number of carbonyl (C=O) groups is 8. The Morgan fingerprint density at radius 2 is 1.03 bits per heavy atom. The van der Waals surface area contributed by atoms with Crippen molar-refractivity contribution in [1.29, 1.82) is 0 Å². The van der Waals surface area contributed by atoms with Crippen LogP contribution in [-0.2, 0) is 60.6 Å². The zero-order chi connectivity index (χ0) is 57.0. The van der Waals surface area contributed by atoms with Crippen LogP contribution in [0.15, 0.2) is 81.8 Å². The quantitative estimate of drug-likeness (QED) is 0.0424. The molecule has 428 valence electrons. The summed E-state index contributed by atoms with van der Waals surface area (Å²) in [7, 11) is 2.90. The van der Waals surface area contributed by atoms with Gasteiger partial charge in [-0.25, -0.2) is 4.79 Å². The van der Waals surface area contributed by atoms with Crippen LogP contribution < -0.4 is 21.7 Å². The average molecular weight is 1090 g/mol. The highest BCUT2D eigenvalue weighted by Gasteiger charge is 2.51. The molecule has 0 radical (unpaired) electrons. The van der Waals surface area contributed by atoms with Gasteiger partial charge in [0.25, 0.3) is 5.91 Å². The first kappa shape index (κ1) is 65.5. The molecule has 78 heavy (non-hydrogen) atoms. The molecular formula is C57H80N6O15. The van der Waals surface area contributed by atoms with Gasteiger partial charge in [-0.3, -0.25) is 33.6 Å². The van der Waals surface area contributed by atoms with E-state index in [0.717, 1.165) is 11.1 Å². The summed E-state index contributed by atoms with van der Waals surface area (Å²) in [6, 6.07) is 18.5. The number of amides is 3. The van der Waals surface area contributed by atoms with Gasteiger partial charge in [0.05, 0.1) is 44.6 Å². The molecule has 6 N–H and O–H groups in total. The molecule has 2 aliphatic heterocycles. The van der Waals surface area contributed by atoms with Gasteiger partial charge in [-0.1, -0.05) is 106 Å². The summed E-state index contributed by atoms with van der Waals surface area (Å²) in [6.07, 6.45) is 1.46. The van der Waals surface area contributed by atoms with Crippen LogP contribution in [0.4, 0.5) is 0 Å². The first-order valence-corrected chi connectivity index (χ1v) is 25.6. The Bertz CT molecular complexity index is 2590. The van der Waals surface area contributed by atoms with Gasteiger partial charge in [0.2, 0.25) is 11.8 Å². The summed E-state index contributed by atoms with van der Waals surface area (Å²) < 4.78 is 30.2. The smallest absolute Gasteiger partial charge is 0.358 e. The zero-order valence-corrected chi connectivity index (χ0v) is 45.8. The van der Waals surface area contributed by atoms with Gasteiger partial charge in [0.1, 0.15) is 28.8 Å². The summed E-state index contributed by atoms with van der Waals surface area (Å²) in [4.78, 5) is 101. The van der Waals surface area contributed by atoms with Gasteiger partial charge >= 0.3 is 5.97 Å². The van der Waals surface area contributed by atoms with Crippen molar-refractivity contribution in [1.82, 2.24) is 26.3 Å². The fourth-order valence-corrected chi connectivity index (χ4v) is 8.14. The number of carboxylic acid groups (broad SMARTS) is 1. The lowest BCUT2D eigenvalue weighted by Crippen LogP contribution is -2.50. The Balaban J connectivity index is 0.000000355. The highest BCUT2D eigenvalue weighted by molar-refractivity contribution is 6.00. The number of ether oxygens (including phenoxy) is 4. The monoisotopic (exact) mass is 1090 g/mol. The summed E-state index contributed by atoms with van der Waals surface area (Å²) in [5.74, 6) is -3.33. The van der Waals surface area contributed by atoms with Crippen molar-refractivity contribution < 1.29 is 71.5 Å². The molecule has 0 unspecified atom stereocenters. The summed E-state index contributed by atoms with van der Waals surface area (Å²) in [5.41, 5.74) is 5.97. The first-order valence-electron chi connectivity index (χ1n) is 25.6. The molecule has 0 spiro atoms. The van der Waals surface area contributed by atoms with Crippen LogP contribution in [0.5, 0.6) is 0 Å². The number of carboxylic acids is 1. The molecule has 2 fully saturated rings. The molecule has 0 saturated carbocycles. The Morgan fingerprint density at radius 3 is 1.36 bits per heavy atom. The number of rotatable bonds is 29. The standard InChI is InChI=1S/C28H37N3O7.C23H34N2O5.C5H5NO3.CH4/c1-17(2)11-21(25(33)28(4)16-37-28)29-26(34)20(13-19-9-7-6-8-10-19)14-24(32)23(15-36-5)30-27(35)22-12-18(3)38-31-22;1-15(2)10-19(21(27)23(3)14-30-23)25-22(28)17(11-16-8-6-5-7-9-16)12-20(26)18(24)13-29-4;1-3-2-4(5(7)8)6-9-3;/h6-10,12,17,20-21,23H,11,13-16H2,1-5H3,(H,29,34)(H,30,35);5-9,15,17-19H,10-14,24H2,1-4H3,(H,25,28);2H,1H3,(H,7,8);1H4/t20-,21+,23+,28-;17-,18+,19+,23-;;/m11../s1. The number of epoxide rings is 2. The van der Waals surface area contributed by atoms with Crippen LogP contribution >= 0.6 is 0 Å². The van der Waals surface area contributed by atoms with Gasteiger partial charge in [-0.2, -0.15) is 0 Å². The van der Waals surface area contributed by atoms with Crippen LogP contribution in [0.1, 0.15) is 118 Å². The molecule has 0 bridgehead atoms. The SMILES string of the molecule is C.COC[C@H](N)C(=O)C[C@@H](Cc1ccccc1)C(=O)N[C@@H](CC(C)C)C(=O)[C@@]1(C)CO1.COC[C@H](NC(=O)c1cc(C)on1)C(=O)C[C@@H](Cc1ccccc1)C(=O)N[C@@H](CC(C)C)C(=O)[C@@]1(C)CO1.Cc1cc(C(=O)O)no1. The molecular weight excluding hydrogens is 1010 g/mol. The minimum Gasteiger partial charge on any atom is -0.476 e. The minimum absolute atomic E-state index is 0. The number of aryl methyl sites for hydroxylation is 2. The van der Waals surface area contributed by atoms with Crippen molar-refractivity contribution in [2.24, 2.45) is 29.4 Å². The second-order valence-electron chi connectivity index (χ2n) is 20.8. The fraction of sp³-hybridized carbons (Fsp3) is 0.544. The largest absolute Gasteiger partial charge is 0.476 e. The fourth-order valence-electron chi connectivity index (χ4n) is 8.14. The second-order valence-corrected chi connectivity index (χ2v) is 20.8. The van der Waals surface area contributed by atoms with Crippen LogP contribution in [0.3, 0.4) is 0 Å².